The van der Waals surface area contributed by atoms with Gasteiger partial charge in [0.15, 0.2) is 10.3 Å². The molecule has 0 fully saturated rings. The van der Waals surface area contributed by atoms with Crippen molar-refractivity contribution in [3.8, 4) is 5.75 Å². The highest BCUT2D eigenvalue weighted by Gasteiger charge is 2.06. The monoisotopic (exact) mass is 377 g/mol. The molecule has 132 valence electrons. The van der Waals surface area contributed by atoms with Crippen LogP contribution in [0.2, 0.25) is 0 Å². The van der Waals surface area contributed by atoms with E-state index in [-0.39, 0.29) is 16.8 Å². The van der Waals surface area contributed by atoms with Gasteiger partial charge < -0.3 is 10.1 Å². The highest BCUT2D eigenvalue weighted by atomic mass is 32.2. The number of carbonyl (C=O) groups excluding carboxylic acids is 1. The summed E-state index contributed by atoms with van der Waals surface area (Å²) < 4.78 is 5.09. The largest absolute Gasteiger partial charge is 0.497 e. The zero-order chi connectivity index (χ0) is 18.2. The zero-order valence-corrected chi connectivity index (χ0v) is 15.8. The second-order valence-electron chi connectivity index (χ2n) is 5.08. The molecule has 0 saturated carbocycles. The molecule has 0 spiro atoms. The number of nitrogens with one attached hydrogen (secondary N) is 3. The molecule has 0 bridgehead atoms. The van der Waals surface area contributed by atoms with Crippen LogP contribution in [-0.2, 0) is 4.79 Å². The minimum Gasteiger partial charge on any atom is -0.497 e. The van der Waals surface area contributed by atoms with E-state index >= 15 is 0 Å². The molecule has 0 unspecified atom stereocenters. The number of aromatic nitrogens is 2. The number of anilines is 1. The van der Waals surface area contributed by atoms with Crippen molar-refractivity contribution in [2.75, 3.05) is 18.2 Å². The summed E-state index contributed by atoms with van der Waals surface area (Å²) in [4.78, 5) is 20.4. The normalized spacial score (nSPS) is 10.0. The first-order valence-corrected chi connectivity index (χ1v) is 8.80. The van der Waals surface area contributed by atoms with Crippen molar-refractivity contribution in [2.45, 2.75) is 19.0 Å². The van der Waals surface area contributed by atoms with Crippen molar-refractivity contribution in [1.29, 1.82) is 0 Å². The zero-order valence-electron chi connectivity index (χ0n) is 14.1. The number of benzene rings is 1. The molecule has 0 aliphatic heterocycles. The molecule has 1 aromatic heterocycles. The number of aryl methyl sites for hydroxylation is 2. The number of ether oxygens (including phenoxy) is 1. The maximum atomic E-state index is 11.9. The lowest BCUT2D eigenvalue weighted by molar-refractivity contribution is -0.119. The Kier molecular flexibility index (Phi) is 6.96. The molecule has 0 radical (unpaired) electrons. The maximum Gasteiger partial charge on any atom is 0.248 e. The lowest BCUT2D eigenvalue weighted by Gasteiger charge is -2.11. The maximum absolute atomic E-state index is 11.9. The summed E-state index contributed by atoms with van der Waals surface area (Å²) in [6.07, 6.45) is 0. The van der Waals surface area contributed by atoms with Crippen molar-refractivity contribution >= 4 is 40.7 Å². The predicted molar refractivity (Wildman–Crippen MR) is 103 cm³/mol. The molecule has 0 atom stereocenters. The second-order valence-corrected chi connectivity index (χ2v) is 6.43. The molecule has 9 heteroatoms. The van der Waals surface area contributed by atoms with Crippen molar-refractivity contribution in [3.63, 3.8) is 0 Å². The van der Waals surface area contributed by atoms with Gasteiger partial charge in [-0.05, 0) is 56.4 Å². The average Bonchev–Trinajstić information content (AvgIpc) is 2.58. The summed E-state index contributed by atoms with van der Waals surface area (Å²) in [5.74, 6) is 0.705. The van der Waals surface area contributed by atoms with Crippen LogP contribution in [0.1, 0.15) is 11.4 Å². The van der Waals surface area contributed by atoms with Crippen LogP contribution in [0.15, 0.2) is 35.5 Å². The minimum atomic E-state index is -0.230. The molecule has 3 N–H and O–H groups in total. The molecule has 0 saturated heterocycles. The first-order valence-electron chi connectivity index (χ1n) is 7.41. The number of carbonyl (C=O) groups is 1. The molecule has 25 heavy (non-hydrogen) atoms. The Balaban J connectivity index is 1.74. The number of amides is 1. The molecule has 2 rings (SSSR count). The van der Waals surface area contributed by atoms with Crippen LogP contribution in [0, 0.1) is 13.8 Å². The van der Waals surface area contributed by atoms with Gasteiger partial charge in [0.2, 0.25) is 5.91 Å². The van der Waals surface area contributed by atoms with Gasteiger partial charge in [0.1, 0.15) is 5.75 Å². The lowest BCUT2D eigenvalue weighted by atomic mass is 10.3. The van der Waals surface area contributed by atoms with Crippen LogP contribution in [0.3, 0.4) is 0 Å². The Morgan fingerprint density at radius 3 is 2.40 bits per heavy atom. The van der Waals surface area contributed by atoms with Gasteiger partial charge in [0.05, 0.1) is 12.9 Å². The number of thiocarbonyl (C=S) groups is 1. The molecule has 0 aliphatic carbocycles. The fourth-order valence-corrected chi connectivity index (χ4v) is 2.81. The van der Waals surface area contributed by atoms with Gasteiger partial charge in [0, 0.05) is 17.1 Å². The standard InChI is InChI=1S/C16H19N5O2S2/c1-10-8-11(2)18-16(17-10)25-9-14(22)20-21-15(24)19-12-4-6-13(23-3)7-5-12/h4-8H,9H2,1-3H3,(H,20,22)(H2,19,21,24). The van der Waals surface area contributed by atoms with E-state index in [2.05, 4.69) is 26.1 Å². The Labute approximate surface area is 155 Å². The molecule has 0 aliphatic rings. The highest BCUT2D eigenvalue weighted by Crippen LogP contribution is 2.15. The van der Waals surface area contributed by atoms with Crippen LogP contribution in [0.5, 0.6) is 5.75 Å². The number of rotatable bonds is 5. The van der Waals surface area contributed by atoms with Gasteiger partial charge in [-0.2, -0.15) is 0 Å². The van der Waals surface area contributed by atoms with E-state index in [1.165, 1.54) is 11.8 Å². The summed E-state index contributed by atoms with van der Waals surface area (Å²) in [6, 6.07) is 9.15. The van der Waals surface area contributed by atoms with Crippen LogP contribution in [0.4, 0.5) is 5.69 Å². The van der Waals surface area contributed by atoms with Crippen LogP contribution < -0.4 is 20.9 Å². The van der Waals surface area contributed by atoms with E-state index in [0.717, 1.165) is 22.8 Å². The molecular weight excluding hydrogens is 358 g/mol. The van der Waals surface area contributed by atoms with Gasteiger partial charge in [-0.3, -0.25) is 15.6 Å². The number of hydrogen-bond donors (Lipinski definition) is 3. The predicted octanol–water partition coefficient (Wildman–Crippen LogP) is 2.21. The first kappa shape index (κ1) is 18.9. The summed E-state index contributed by atoms with van der Waals surface area (Å²) in [6.45, 7) is 3.79. The lowest BCUT2D eigenvalue weighted by Crippen LogP contribution is -2.44. The highest BCUT2D eigenvalue weighted by molar-refractivity contribution is 7.99. The minimum absolute atomic E-state index is 0.182. The van der Waals surface area contributed by atoms with E-state index in [1.807, 2.05) is 44.2 Å². The summed E-state index contributed by atoms with van der Waals surface area (Å²) >= 11 is 6.39. The van der Waals surface area contributed by atoms with E-state index in [4.69, 9.17) is 17.0 Å². The third kappa shape index (κ3) is 6.55. The second kappa shape index (κ2) is 9.19. The number of hydrogen-bond acceptors (Lipinski definition) is 6. The summed E-state index contributed by atoms with van der Waals surface area (Å²) in [7, 11) is 1.60. The quantitative estimate of drug-likeness (QED) is 0.316. The Bertz CT molecular complexity index is 732. The summed E-state index contributed by atoms with van der Waals surface area (Å²) in [5, 5.41) is 3.81. The molecule has 7 nitrogen and oxygen atoms in total. The smallest absolute Gasteiger partial charge is 0.248 e. The molecule has 1 heterocycles. The fourth-order valence-electron chi connectivity index (χ4n) is 1.89. The molecular formula is C16H19N5O2S2. The van der Waals surface area contributed by atoms with Gasteiger partial charge >= 0.3 is 0 Å². The van der Waals surface area contributed by atoms with E-state index < -0.39 is 0 Å². The van der Waals surface area contributed by atoms with Crippen molar-refractivity contribution in [3.05, 3.63) is 41.7 Å². The Morgan fingerprint density at radius 1 is 1.16 bits per heavy atom. The third-order valence-corrected chi connectivity index (χ3v) is 4.01. The van der Waals surface area contributed by atoms with Crippen LogP contribution in [0.25, 0.3) is 0 Å². The number of nitrogens with zero attached hydrogens (tertiary/aromatic N) is 2. The number of thioether (sulfide) groups is 1. The van der Waals surface area contributed by atoms with Crippen LogP contribution in [-0.4, -0.2) is 33.9 Å². The van der Waals surface area contributed by atoms with Gasteiger partial charge in [0.25, 0.3) is 0 Å². The average molecular weight is 377 g/mol. The van der Waals surface area contributed by atoms with Crippen molar-refractivity contribution in [2.24, 2.45) is 0 Å². The number of methoxy groups -OCH3 is 1. The van der Waals surface area contributed by atoms with Crippen LogP contribution >= 0.6 is 24.0 Å². The Hall–Kier alpha value is -2.39. The number of hydrazine groups is 1. The molecule has 1 amide bonds. The van der Waals surface area contributed by atoms with E-state index in [1.54, 1.807) is 7.11 Å². The van der Waals surface area contributed by atoms with E-state index in [0.29, 0.717) is 5.16 Å². The Morgan fingerprint density at radius 2 is 1.80 bits per heavy atom. The third-order valence-electron chi connectivity index (χ3n) is 2.96. The van der Waals surface area contributed by atoms with Gasteiger partial charge in [-0.15, -0.1) is 0 Å². The van der Waals surface area contributed by atoms with Gasteiger partial charge in [-0.1, -0.05) is 11.8 Å². The summed E-state index contributed by atoms with van der Waals surface area (Å²) in [5.41, 5.74) is 7.71. The topological polar surface area (TPSA) is 88.2 Å². The first-order chi connectivity index (χ1) is 12.0. The molecule has 1 aromatic carbocycles. The fraction of sp³-hybridized carbons (Fsp3) is 0.250. The van der Waals surface area contributed by atoms with Gasteiger partial charge in [-0.25, -0.2) is 9.97 Å². The molecule has 2 aromatic rings. The van der Waals surface area contributed by atoms with Crippen molar-refractivity contribution in [1.82, 2.24) is 20.8 Å². The van der Waals surface area contributed by atoms with E-state index in [9.17, 15) is 4.79 Å². The SMILES string of the molecule is COc1ccc(NC(=S)NNC(=O)CSc2nc(C)cc(C)n2)cc1. The van der Waals surface area contributed by atoms with Crippen molar-refractivity contribution < 1.29 is 9.53 Å².